The van der Waals surface area contributed by atoms with Crippen LogP contribution in [0.1, 0.15) is 34.3 Å². The Bertz CT molecular complexity index is 869. The Hall–Kier alpha value is -3.09. The SMILES string of the molecule is O=C(/C=C/c1ccccc1)NC1CCN(C(=O)c2ccc(C(F)(F)F)cc2)CC1. The van der Waals surface area contributed by atoms with Crippen molar-refractivity contribution < 1.29 is 22.8 Å². The summed E-state index contributed by atoms with van der Waals surface area (Å²) >= 11 is 0. The van der Waals surface area contributed by atoms with Gasteiger partial charge in [-0.25, -0.2) is 0 Å². The Morgan fingerprint density at radius 3 is 2.17 bits per heavy atom. The molecule has 1 heterocycles. The molecule has 1 aliphatic heterocycles. The van der Waals surface area contributed by atoms with Crippen LogP contribution in [0.2, 0.25) is 0 Å². The number of carbonyl (C=O) groups excluding carboxylic acids is 2. The zero-order valence-corrected chi connectivity index (χ0v) is 15.7. The number of benzene rings is 2. The lowest BCUT2D eigenvalue weighted by molar-refractivity contribution is -0.137. The van der Waals surface area contributed by atoms with Crippen LogP contribution in [0.3, 0.4) is 0 Å². The number of rotatable bonds is 4. The van der Waals surface area contributed by atoms with Crippen molar-refractivity contribution in [2.75, 3.05) is 13.1 Å². The van der Waals surface area contributed by atoms with Crippen LogP contribution >= 0.6 is 0 Å². The first-order valence-electron chi connectivity index (χ1n) is 9.33. The zero-order chi connectivity index (χ0) is 20.9. The summed E-state index contributed by atoms with van der Waals surface area (Å²) in [4.78, 5) is 26.2. The van der Waals surface area contributed by atoms with Crippen LogP contribution in [0.25, 0.3) is 6.08 Å². The molecule has 152 valence electrons. The Morgan fingerprint density at radius 2 is 1.59 bits per heavy atom. The van der Waals surface area contributed by atoms with E-state index in [-0.39, 0.29) is 23.4 Å². The quantitative estimate of drug-likeness (QED) is 0.782. The Balaban J connectivity index is 1.49. The van der Waals surface area contributed by atoms with E-state index < -0.39 is 11.7 Å². The van der Waals surface area contributed by atoms with Gasteiger partial charge in [0.15, 0.2) is 0 Å². The molecule has 7 heteroatoms. The standard InChI is InChI=1S/C22H21F3N2O2/c23-22(24,25)18-9-7-17(8-10-18)21(29)27-14-12-19(13-15-27)26-20(28)11-6-16-4-2-1-3-5-16/h1-11,19H,12-15H2,(H,26,28)/b11-6+. The van der Waals surface area contributed by atoms with E-state index in [0.29, 0.717) is 25.9 Å². The van der Waals surface area contributed by atoms with Gasteiger partial charge in [0.05, 0.1) is 5.56 Å². The monoisotopic (exact) mass is 402 g/mol. The number of hydrogen-bond acceptors (Lipinski definition) is 2. The first-order valence-corrected chi connectivity index (χ1v) is 9.33. The number of piperidine rings is 1. The molecule has 2 aromatic rings. The number of hydrogen-bond donors (Lipinski definition) is 1. The zero-order valence-electron chi connectivity index (χ0n) is 15.7. The first-order chi connectivity index (χ1) is 13.8. The van der Waals surface area contributed by atoms with Gasteiger partial charge in [0.25, 0.3) is 5.91 Å². The van der Waals surface area contributed by atoms with Crippen molar-refractivity contribution in [1.82, 2.24) is 10.2 Å². The molecular formula is C22H21F3N2O2. The van der Waals surface area contributed by atoms with Gasteiger partial charge in [0.1, 0.15) is 0 Å². The van der Waals surface area contributed by atoms with Gasteiger partial charge in [-0.1, -0.05) is 30.3 Å². The van der Waals surface area contributed by atoms with Gasteiger partial charge < -0.3 is 10.2 Å². The van der Waals surface area contributed by atoms with E-state index in [0.717, 1.165) is 17.7 Å². The topological polar surface area (TPSA) is 49.4 Å². The predicted molar refractivity (Wildman–Crippen MR) is 104 cm³/mol. The number of nitrogens with one attached hydrogen (secondary N) is 1. The molecule has 2 amide bonds. The highest BCUT2D eigenvalue weighted by Gasteiger charge is 2.31. The van der Waals surface area contributed by atoms with Gasteiger partial charge in [0.2, 0.25) is 5.91 Å². The van der Waals surface area contributed by atoms with Gasteiger partial charge in [0, 0.05) is 30.8 Å². The molecule has 1 aliphatic rings. The van der Waals surface area contributed by atoms with Crippen molar-refractivity contribution in [3.8, 4) is 0 Å². The van der Waals surface area contributed by atoms with Gasteiger partial charge in [-0.05, 0) is 48.7 Å². The summed E-state index contributed by atoms with van der Waals surface area (Å²) in [6.45, 7) is 0.875. The summed E-state index contributed by atoms with van der Waals surface area (Å²) in [6.07, 6.45) is -0.0185. The fourth-order valence-corrected chi connectivity index (χ4v) is 3.20. The molecule has 0 unspecified atom stereocenters. The molecule has 3 rings (SSSR count). The third-order valence-corrected chi connectivity index (χ3v) is 4.81. The molecule has 1 fully saturated rings. The molecule has 4 nitrogen and oxygen atoms in total. The van der Waals surface area contributed by atoms with Crippen molar-refractivity contribution in [1.29, 1.82) is 0 Å². The van der Waals surface area contributed by atoms with Gasteiger partial charge >= 0.3 is 6.18 Å². The van der Waals surface area contributed by atoms with E-state index in [1.54, 1.807) is 11.0 Å². The van der Waals surface area contributed by atoms with Gasteiger partial charge in [-0.2, -0.15) is 13.2 Å². The van der Waals surface area contributed by atoms with Crippen molar-refractivity contribution in [3.05, 3.63) is 77.4 Å². The highest BCUT2D eigenvalue weighted by atomic mass is 19.4. The maximum absolute atomic E-state index is 12.6. The second kappa shape index (κ2) is 8.94. The molecular weight excluding hydrogens is 381 g/mol. The van der Waals surface area contributed by atoms with Crippen LogP contribution in [0.4, 0.5) is 13.2 Å². The summed E-state index contributed by atoms with van der Waals surface area (Å²) in [5.74, 6) is -0.492. The van der Waals surface area contributed by atoms with Crippen LogP contribution in [0.5, 0.6) is 0 Å². The van der Waals surface area contributed by atoms with E-state index in [2.05, 4.69) is 5.32 Å². The van der Waals surface area contributed by atoms with E-state index >= 15 is 0 Å². The Morgan fingerprint density at radius 1 is 0.966 bits per heavy atom. The molecule has 0 saturated carbocycles. The van der Waals surface area contributed by atoms with Gasteiger partial charge in [-0.3, -0.25) is 9.59 Å². The first kappa shape index (κ1) is 20.6. The maximum Gasteiger partial charge on any atom is 0.416 e. The molecule has 2 aromatic carbocycles. The summed E-state index contributed by atoms with van der Waals surface area (Å²) in [7, 11) is 0. The molecule has 1 N–H and O–H groups in total. The molecule has 1 saturated heterocycles. The number of halogens is 3. The fourth-order valence-electron chi connectivity index (χ4n) is 3.20. The molecule has 0 aliphatic carbocycles. The van der Waals surface area contributed by atoms with Crippen molar-refractivity contribution in [2.24, 2.45) is 0 Å². The summed E-state index contributed by atoms with van der Waals surface area (Å²) in [6, 6.07) is 13.7. The van der Waals surface area contributed by atoms with Crippen molar-refractivity contribution in [3.63, 3.8) is 0 Å². The van der Waals surface area contributed by atoms with E-state index in [4.69, 9.17) is 0 Å². The molecule has 29 heavy (non-hydrogen) atoms. The average Bonchev–Trinajstić information content (AvgIpc) is 2.72. The minimum Gasteiger partial charge on any atom is -0.350 e. The summed E-state index contributed by atoms with van der Waals surface area (Å²) in [5, 5.41) is 2.92. The van der Waals surface area contributed by atoms with Crippen LogP contribution < -0.4 is 5.32 Å². The minimum atomic E-state index is -4.42. The number of carbonyl (C=O) groups is 2. The van der Waals surface area contributed by atoms with Crippen LogP contribution in [-0.4, -0.2) is 35.8 Å². The minimum absolute atomic E-state index is 0.0421. The second-order valence-electron chi connectivity index (χ2n) is 6.89. The van der Waals surface area contributed by atoms with E-state index in [1.165, 1.54) is 18.2 Å². The van der Waals surface area contributed by atoms with Crippen LogP contribution in [0, 0.1) is 0 Å². The Labute approximate surface area is 167 Å². The second-order valence-corrected chi connectivity index (χ2v) is 6.89. The highest BCUT2D eigenvalue weighted by Crippen LogP contribution is 2.29. The fraction of sp³-hybridized carbons (Fsp3) is 0.273. The number of amides is 2. The van der Waals surface area contributed by atoms with Crippen LogP contribution in [0.15, 0.2) is 60.7 Å². The normalized spacial score (nSPS) is 15.5. The number of likely N-dealkylation sites (tertiary alicyclic amines) is 1. The lowest BCUT2D eigenvalue weighted by atomic mass is 10.0. The van der Waals surface area contributed by atoms with Gasteiger partial charge in [-0.15, -0.1) is 0 Å². The number of alkyl halides is 3. The molecule has 0 atom stereocenters. The largest absolute Gasteiger partial charge is 0.416 e. The Kier molecular flexibility index (Phi) is 6.36. The number of nitrogens with zero attached hydrogens (tertiary/aromatic N) is 1. The molecule has 0 spiro atoms. The van der Waals surface area contributed by atoms with E-state index in [1.807, 2.05) is 30.3 Å². The summed E-state index contributed by atoms with van der Waals surface area (Å²) in [5.41, 5.74) is 0.380. The maximum atomic E-state index is 12.6. The van der Waals surface area contributed by atoms with E-state index in [9.17, 15) is 22.8 Å². The smallest absolute Gasteiger partial charge is 0.350 e. The predicted octanol–water partition coefficient (Wildman–Crippen LogP) is 4.14. The third kappa shape index (κ3) is 5.70. The average molecular weight is 402 g/mol. The lowest BCUT2D eigenvalue weighted by Crippen LogP contribution is -2.46. The van der Waals surface area contributed by atoms with Crippen LogP contribution in [-0.2, 0) is 11.0 Å². The molecule has 0 aromatic heterocycles. The van der Waals surface area contributed by atoms with Crippen molar-refractivity contribution in [2.45, 2.75) is 25.1 Å². The lowest BCUT2D eigenvalue weighted by Gasteiger charge is -2.32. The highest BCUT2D eigenvalue weighted by molar-refractivity contribution is 5.94. The van der Waals surface area contributed by atoms with Crippen molar-refractivity contribution >= 4 is 17.9 Å². The molecule has 0 bridgehead atoms. The molecule has 0 radical (unpaired) electrons. The summed E-state index contributed by atoms with van der Waals surface area (Å²) < 4.78 is 37.9. The third-order valence-electron chi connectivity index (χ3n) is 4.81.